The molecule has 40 heavy (non-hydrogen) atoms. The van der Waals surface area contributed by atoms with Crippen LogP contribution in [-0.4, -0.2) is 44.1 Å². The molecule has 5 rings (SSSR count). The molecule has 3 amide bonds. The van der Waals surface area contributed by atoms with Gasteiger partial charge in [-0.05, 0) is 56.7 Å². The lowest BCUT2D eigenvalue weighted by Crippen LogP contribution is -2.31. The second kappa shape index (κ2) is 10.9. The summed E-state index contributed by atoms with van der Waals surface area (Å²) in [6, 6.07) is 14.7. The van der Waals surface area contributed by atoms with Crippen LogP contribution in [0.3, 0.4) is 0 Å². The zero-order valence-corrected chi connectivity index (χ0v) is 22.9. The van der Waals surface area contributed by atoms with Crippen LogP contribution >= 0.6 is 11.6 Å². The fourth-order valence-electron chi connectivity index (χ4n) is 4.10. The summed E-state index contributed by atoms with van der Waals surface area (Å²) in [5.41, 5.74) is 2.30. The number of halogens is 1. The smallest absolute Gasteiger partial charge is 0.338 e. The second-order valence-corrected chi connectivity index (χ2v) is 10.4. The summed E-state index contributed by atoms with van der Waals surface area (Å²) in [6.45, 7) is 5.69. The number of esters is 1. The average molecular weight is 562 g/mol. The van der Waals surface area contributed by atoms with Crippen LogP contribution in [0.1, 0.15) is 43.1 Å². The predicted molar refractivity (Wildman–Crippen MR) is 151 cm³/mol. The Balaban J connectivity index is 1.50. The second-order valence-electron chi connectivity index (χ2n) is 10.00. The fraction of sp³-hybridized carbons (Fsp3) is 0.250. The van der Waals surface area contributed by atoms with Crippen LogP contribution in [-0.2, 0) is 16.0 Å². The van der Waals surface area contributed by atoms with Gasteiger partial charge in [-0.15, -0.1) is 0 Å². The van der Waals surface area contributed by atoms with Gasteiger partial charge in [0.1, 0.15) is 23.3 Å². The number of imide groups is 1. The van der Waals surface area contributed by atoms with E-state index < -0.39 is 29.6 Å². The van der Waals surface area contributed by atoms with Crippen molar-refractivity contribution in [2.24, 2.45) is 0 Å². The number of nitrogens with zero attached hydrogens (tertiary/aromatic N) is 3. The monoisotopic (exact) mass is 561 g/mol. The largest absolute Gasteiger partial charge is 0.456 e. The van der Waals surface area contributed by atoms with Crippen molar-refractivity contribution in [2.45, 2.75) is 45.3 Å². The van der Waals surface area contributed by atoms with E-state index in [0.717, 1.165) is 5.69 Å². The van der Waals surface area contributed by atoms with Gasteiger partial charge in [-0.25, -0.2) is 14.6 Å². The molecule has 1 saturated heterocycles. The molecule has 1 atom stereocenters. The van der Waals surface area contributed by atoms with Gasteiger partial charge >= 0.3 is 12.0 Å². The van der Waals surface area contributed by atoms with E-state index in [1.165, 1.54) is 0 Å². The molecule has 0 bridgehead atoms. The topological polar surface area (TPSA) is 139 Å². The summed E-state index contributed by atoms with van der Waals surface area (Å²) in [5.74, 6) is 0.196. The van der Waals surface area contributed by atoms with E-state index in [1.807, 2.05) is 39.0 Å². The van der Waals surface area contributed by atoms with E-state index in [2.05, 4.69) is 26.4 Å². The van der Waals surface area contributed by atoms with Crippen molar-refractivity contribution in [3.63, 3.8) is 0 Å². The summed E-state index contributed by atoms with van der Waals surface area (Å²) in [5, 5.41) is 16.5. The molecule has 1 unspecified atom stereocenters. The number of anilines is 4. The molecule has 1 aliphatic heterocycles. The highest BCUT2D eigenvalue weighted by Crippen LogP contribution is 2.27. The Bertz CT molecular complexity index is 1620. The number of hydrogen-bond donors (Lipinski definition) is 4. The van der Waals surface area contributed by atoms with Crippen LogP contribution < -0.4 is 21.3 Å². The number of aromatic nitrogens is 3. The first-order valence-electron chi connectivity index (χ1n) is 12.7. The first kappa shape index (κ1) is 26.9. The third-order valence-corrected chi connectivity index (χ3v) is 6.75. The molecule has 0 spiro atoms. The van der Waals surface area contributed by atoms with Gasteiger partial charge in [0.25, 0.3) is 5.91 Å². The number of rotatable bonds is 9. The number of amides is 3. The minimum atomic E-state index is -0.738. The molecule has 4 N–H and O–H groups in total. The highest BCUT2D eigenvalue weighted by atomic mass is 35.5. The van der Waals surface area contributed by atoms with Crippen LogP contribution in [0.15, 0.2) is 60.8 Å². The quantitative estimate of drug-likeness (QED) is 0.166. The fourth-order valence-corrected chi connectivity index (χ4v) is 4.29. The van der Waals surface area contributed by atoms with E-state index in [1.54, 1.807) is 47.1 Å². The number of carbonyl (C=O) groups excluding carboxylic acids is 3. The van der Waals surface area contributed by atoms with Crippen molar-refractivity contribution in [1.82, 2.24) is 25.2 Å². The number of nitrogens with one attached hydrogen (secondary N) is 4. The van der Waals surface area contributed by atoms with Crippen LogP contribution in [0.4, 0.5) is 27.8 Å². The van der Waals surface area contributed by atoms with Gasteiger partial charge in [0, 0.05) is 34.4 Å². The number of fused-ring (bicyclic) bond motifs is 1. The van der Waals surface area contributed by atoms with E-state index >= 15 is 0 Å². The van der Waals surface area contributed by atoms with Crippen LogP contribution in [0.5, 0.6) is 0 Å². The lowest BCUT2D eigenvalue weighted by Gasteiger charge is -2.23. The lowest BCUT2D eigenvalue weighted by atomic mass is 10.1. The average Bonchev–Trinajstić information content (AvgIpc) is 3.45. The normalized spacial score (nSPS) is 15.1. The highest BCUT2D eigenvalue weighted by molar-refractivity contribution is 6.30. The molecule has 12 heteroatoms. The highest BCUT2D eigenvalue weighted by Gasteiger charge is 2.30. The summed E-state index contributed by atoms with van der Waals surface area (Å²) in [6.07, 6.45) is 2.49. The third-order valence-electron chi connectivity index (χ3n) is 6.52. The number of urea groups is 1. The summed E-state index contributed by atoms with van der Waals surface area (Å²) < 4.78 is 7.24. The van der Waals surface area contributed by atoms with Crippen molar-refractivity contribution >= 4 is 58.2 Å². The summed E-state index contributed by atoms with van der Waals surface area (Å²) >= 11 is 6.17. The third kappa shape index (κ3) is 5.99. The van der Waals surface area contributed by atoms with Gasteiger partial charge in [-0.1, -0.05) is 30.7 Å². The molecule has 0 aliphatic carbocycles. The van der Waals surface area contributed by atoms with Gasteiger partial charge in [-0.3, -0.25) is 10.1 Å². The van der Waals surface area contributed by atoms with Crippen LogP contribution in [0.25, 0.3) is 5.65 Å². The summed E-state index contributed by atoms with van der Waals surface area (Å²) in [7, 11) is 0. The van der Waals surface area contributed by atoms with Crippen molar-refractivity contribution in [2.75, 3.05) is 10.6 Å². The number of ether oxygens (including phenoxy) is 1. The maximum Gasteiger partial charge on any atom is 0.338 e. The molecular formula is C28H28ClN7O4. The molecule has 11 nitrogen and oxygen atoms in total. The summed E-state index contributed by atoms with van der Waals surface area (Å²) in [4.78, 5) is 41.3. The van der Waals surface area contributed by atoms with Crippen molar-refractivity contribution < 1.29 is 19.1 Å². The van der Waals surface area contributed by atoms with Crippen molar-refractivity contribution in [3.05, 3.63) is 76.9 Å². The molecule has 3 heterocycles. The Morgan fingerprint density at radius 3 is 2.55 bits per heavy atom. The Kier molecular flexibility index (Phi) is 7.31. The Morgan fingerprint density at radius 1 is 1.10 bits per heavy atom. The minimum Gasteiger partial charge on any atom is -0.456 e. The number of benzene rings is 2. The van der Waals surface area contributed by atoms with Gasteiger partial charge < -0.3 is 20.7 Å². The van der Waals surface area contributed by atoms with Gasteiger partial charge in [-0.2, -0.15) is 9.61 Å². The van der Waals surface area contributed by atoms with Gasteiger partial charge in [0.05, 0.1) is 11.8 Å². The molecule has 2 aromatic heterocycles. The van der Waals surface area contributed by atoms with E-state index in [4.69, 9.17) is 21.3 Å². The van der Waals surface area contributed by atoms with E-state index in [0.29, 0.717) is 45.5 Å². The van der Waals surface area contributed by atoms with E-state index in [9.17, 15) is 14.4 Å². The number of carbonyl (C=O) groups is 3. The SMILES string of the molecule is CCC(C)(C)OC(=O)c1cccc(Nc2cc(Nc3cccc(Cl)c3)nc3c(CC4NC(=O)NC4=O)cnn23)c1. The zero-order chi connectivity index (χ0) is 28.4. The standard InChI is InChI=1S/C28H28ClN7O4/c1-4-28(2,3)40-26(38)16-7-5-9-19(11-16)32-23-14-22(31-20-10-6-8-18(29)13-20)34-24-17(15-30-36(23)24)12-21-25(37)35-27(39)33-21/h5-11,13-15,21,32H,4,12H2,1-3H3,(H,31,34)(H2,33,35,37,39). The molecule has 4 aromatic rings. The van der Waals surface area contributed by atoms with Gasteiger partial charge in [0.2, 0.25) is 0 Å². The first-order chi connectivity index (χ1) is 19.1. The molecule has 1 aliphatic rings. The maximum atomic E-state index is 12.8. The number of hydrogen-bond acceptors (Lipinski definition) is 8. The van der Waals surface area contributed by atoms with Crippen molar-refractivity contribution in [3.8, 4) is 0 Å². The molecule has 2 aromatic carbocycles. The molecular weight excluding hydrogens is 534 g/mol. The van der Waals surface area contributed by atoms with Crippen molar-refractivity contribution in [1.29, 1.82) is 0 Å². The molecule has 1 fully saturated rings. The van der Waals surface area contributed by atoms with Gasteiger partial charge in [0.15, 0.2) is 5.65 Å². The molecule has 206 valence electrons. The lowest BCUT2D eigenvalue weighted by molar-refractivity contribution is -0.120. The predicted octanol–water partition coefficient (Wildman–Crippen LogP) is 4.97. The minimum absolute atomic E-state index is 0.197. The zero-order valence-electron chi connectivity index (χ0n) is 22.1. The van der Waals surface area contributed by atoms with Crippen LogP contribution in [0.2, 0.25) is 5.02 Å². The van der Waals surface area contributed by atoms with Crippen LogP contribution in [0, 0.1) is 0 Å². The maximum absolute atomic E-state index is 12.8. The van der Waals surface area contributed by atoms with E-state index in [-0.39, 0.29) is 6.42 Å². The Labute approximate surface area is 235 Å². The Morgan fingerprint density at radius 2 is 1.85 bits per heavy atom. The molecule has 0 saturated carbocycles. The first-order valence-corrected chi connectivity index (χ1v) is 13.1. The molecule has 0 radical (unpaired) electrons. The Hall–Kier alpha value is -4.64.